The number of carbonyl (C=O) groups is 4. The van der Waals surface area contributed by atoms with Crippen LogP contribution in [0.4, 0.5) is 17.2 Å². The number of ether oxygens (including phenoxy) is 1. The Labute approximate surface area is 236 Å². The Balaban J connectivity index is 1.13. The number of imidazole rings is 1. The van der Waals surface area contributed by atoms with Gasteiger partial charge in [-0.25, -0.2) is 4.98 Å². The molecule has 2 aliphatic heterocycles. The number of aliphatic imine (C=N–C) groups is 1. The molecule has 12 nitrogen and oxygen atoms in total. The molecular weight excluding hydrogens is 526 g/mol. The first-order chi connectivity index (χ1) is 19.6. The molecule has 41 heavy (non-hydrogen) atoms. The maximum atomic E-state index is 13.1. The molecular formula is C29H31N7O5. The number of nitrogens with zero attached hydrogens (tertiary/aromatic N) is 5. The van der Waals surface area contributed by atoms with Crippen LogP contribution in [-0.4, -0.2) is 68.4 Å². The minimum atomic E-state index is -0.475. The molecule has 2 aliphatic rings. The van der Waals surface area contributed by atoms with Crippen molar-refractivity contribution < 1.29 is 23.9 Å². The number of aldehydes is 1. The number of carbonyl (C=O) groups excluding carboxylic acids is 4. The summed E-state index contributed by atoms with van der Waals surface area (Å²) in [6.45, 7) is 6.71. The van der Waals surface area contributed by atoms with Gasteiger partial charge in [-0.1, -0.05) is 12.2 Å². The lowest BCUT2D eigenvalue weighted by Crippen LogP contribution is -2.35. The topological polar surface area (TPSA) is 140 Å². The van der Waals surface area contributed by atoms with E-state index in [9.17, 15) is 19.2 Å². The van der Waals surface area contributed by atoms with E-state index in [1.807, 2.05) is 6.92 Å². The van der Waals surface area contributed by atoms with Gasteiger partial charge in [-0.2, -0.15) is 0 Å². The normalized spacial score (nSPS) is 15.8. The second kappa shape index (κ2) is 11.2. The molecule has 1 fully saturated rings. The molecule has 2 aromatic heterocycles. The lowest BCUT2D eigenvalue weighted by atomic mass is 10.1. The van der Waals surface area contributed by atoms with Crippen molar-refractivity contribution in [2.75, 3.05) is 23.8 Å². The molecule has 2 N–H and O–H groups in total. The van der Waals surface area contributed by atoms with Crippen LogP contribution < -0.4 is 15.4 Å². The Morgan fingerprint density at radius 2 is 1.98 bits per heavy atom. The summed E-state index contributed by atoms with van der Waals surface area (Å²) in [6.07, 6.45) is 7.00. The molecule has 4 heterocycles. The van der Waals surface area contributed by atoms with Gasteiger partial charge in [-0.3, -0.25) is 24.2 Å². The Hall–Kier alpha value is -5.00. The summed E-state index contributed by atoms with van der Waals surface area (Å²) < 4.78 is 9.03. The number of nitrogens with one attached hydrogen (secondary N) is 2. The average Bonchev–Trinajstić information content (AvgIpc) is 3.58. The van der Waals surface area contributed by atoms with Crippen LogP contribution in [0.5, 0.6) is 5.75 Å². The van der Waals surface area contributed by atoms with Crippen LogP contribution in [-0.2, 0) is 18.9 Å². The zero-order valence-electron chi connectivity index (χ0n) is 23.1. The molecule has 0 spiro atoms. The van der Waals surface area contributed by atoms with Gasteiger partial charge in [0.15, 0.2) is 12.1 Å². The Morgan fingerprint density at radius 1 is 1.17 bits per heavy atom. The lowest BCUT2D eigenvalue weighted by molar-refractivity contribution is -0.116. The highest BCUT2D eigenvalue weighted by Crippen LogP contribution is 2.34. The number of benzene rings is 1. The van der Waals surface area contributed by atoms with E-state index in [4.69, 9.17) is 4.74 Å². The van der Waals surface area contributed by atoms with Crippen LogP contribution in [0.2, 0.25) is 0 Å². The molecule has 12 heteroatoms. The van der Waals surface area contributed by atoms with Gasteiger partial charge in [0.2, 0.25) is 11.7 Å². The first-order valence-electron chi connectivity index (χ1n) is 13.2. The van der Waals surface area contributed by atoms with E-state index < -0.39 is 5.91 Å². The first-order valence-corrected chi connectivity index (χ1v) is 13.2. The maximum absolute atomic E-state index is 13.1. The predicted molar refractivity (Wildman–Crippen MR) is 153 cm³/mol. The highest BCUT2D eigenvalue weighted by molar-refractivity contribution is 6.04. The van der Waals surface area contributed by atoms with E-state index in [1.165, 1.54) is 4.57 Å². The van der Waals surface area contributed by atoms with E-state index >= 15 is 0 Å². The third kappa shape index (κ3) is 5.81. The van der Waals surface area contributed by atoms with E-state index in [1.54, 1.807) is 60.4 Å². The molecule has 3 amide bonds. The second-order valence-corrected chi connectivity index (χ2v) is 10.3. The van der Waals surface area contributed by atoms with Gasteiger partial charge in [0.05, 0.1) is 35.3 Å². The highest BCUT2D eigenvalue weighted by Gasteiger charge is 2.33. The van der Waals surface area contributed by atoms with Crippen molar-refractivity contribution in [2.45, 2.75) is 32.2 Å². The molecule has 5 rings (SSSR count). The Kier molecular flexibility index (Phi) is 7.56. The minimum Gasteiger partial charge on any atom is -0.493 e. The van der Waals surface area contributed by atoms with E-state index in [-0.39, 0.29) is 42.5 Å². The molecule has 0 saturated carbocycles. The monoisotopic (exact) mass is 557 g/mol. The van der Waals surface area contributed by atoms with Crippen molar-refractivity contribution in [3.05, 3.63) is 65.4 Å². The minimum absolute atomic E-state index is 0.0604. The molecule has 0 aliphatic carbocycles. The zero-order chi connectivity index (χ0) is 29.3. The predicted octanol–water partition coefficient (Wildman–Crippen LogP) is 3.42. The van der Waals surface area contributed by atoms with Gasteiger partial charge >= 0.3 is 0 Å². The first kappa shape index (κ1) is 27.6. The van der Waals surface area contributed by atoms with E-state index in [0.29, 0.717) is 47.6 Å². The van der Waals surface area contributed by atoms with Crippen molar-refractivity contribution in [1.29, 1.82) is 0 Å². The summed E-state index contributed by atoms with van der Waals surface area (Å²) in [5.41, 5.74) is 3.82. The third-order valence-corrected chi connectivity index (χ3v) is 7.04. The number of hydrogen-bond donors (Lipinski definition) is 2. The van der Waals surface area contributed by atoms with Crippen molar-refractivity contribution in [3.8, 4) is 5.75 Å². The summed E-state index contributed by atoms with van der Waals surface area (Å²) in [5.74, 6) is 0.156. The van der Waals surface area contributed by atoms with Crippen LogP contribution in [0.15, 0.2) is 47.7 Å². The average molecular weight is 558 g/mol. The van der Waals surface area contributed by atoms with Gasteiger partial charge in [0.25, 0.3) is 11.8 Å². The van der Waals surface area contributed by atoms with Crippen LogP contribution in [0.1, 0.15) is 56.3 Å². The Bertz CT molecular complexity index is 1600. The zero-order valence-corrected chi connectivity index (χ0v) is 23.1. The summed E-state index contributed by atoms with van der Waals surface area (Å²) in [7, 11) is 3.35. The fourth-order valence-electron chi connectivity index (χ4n) is 4.93. The fourth-order valence-corrected chi connectivity index (χ4v) is 4.93. The molecule has 1 atom stereocenters. The van der Waals surface area contributed by atoms with Crippen LogP contribution in [0, 0.1) is 6.92 Å². The van der Waals surface area contributed by atoms with Crippen LogP contribution in [0.3, 0.4) is 0 Å². The summed E-state index contributed by atoms with van der Waals surface area (Å²) >= 11 is 0. The third-order valence-electron chi connectivity index (χ3n) is 7.04. The van der Waals surface area contributed by atoms with E-state index in [0.717, 1.165) is 17.6 Å². The number of rotatable bonds is 9. The van der Waals surface area contributed by atoms with Gasteiger partial charge in [0.1, 0.15) is 5.75 Å². The smallest absolute Gasteiger partial charge is 0.291 e. The molecule has 0 radical (unpaired) electrons. The van der Waals surface area contributed by atoms with Crippen LogP contribution in [0.25, 0.3) is 0 Å². The van der Waals surface area contributed by atoms with Gasteiger partial charge in [-0.05, 0) is 37.5 Å². The van der Waals surface area contributed by atoms with Crippen molar-refractivity contribution in [1.82, 2.24) is 19.0 Å². The number of amides is 3. The Morgan fingerprint density at radius 3 is 2.73 bits per heavy atom. The van der Waals surface area contributed by atoms with E-state index in [2.05, 4.69) is 27.2 Å². The second-order valence-electron chi connectivity index (χ2n) is 10.3. The number of fused-ring (bicyclic) bond motifs is 2. The summed E-state index contributed by atoms with van der Waals surface area (Å²) in [6, 6.07) is 5.05. The molecule has 1 saturated heterocycles. The molecule has 0 bridgehead atoms. The number of aryl methyl sites for hydroxylation is 3. The highest BCUT2D eigenvalue weighted by atomic mass is 16.5. The van der Waals surface area contributed by atoms with Crippen molar-refractivity contribution >= 4 is 47.4 Å². The fraction of sp³-hybridized carbons (Fsp3) is 0.310. The van der Waals surface area contributed by atoms with Gasteiger partial charge < -0.3 is 29.4 Å². The van der Waals surface area contributed by atoms with Gasteiger partial charge in [-0.15, -0.1) is 0 Å². The lowest BCUT2D eigenvalue weighted by Gasteiger charge is -2.20. The SMILES string of the molecule is C=C1CC2C=Nc3cc(OCCCC(=O)Nc4cn(C)c(C(=O)Nc5cc(C=O)n(C)c5)n4)c(C)cc3C(=O)N2C1. The molecule has 1 aromatic carbocycles. The molecule has 212 valence electrons. The molecule has 3 aromatic rings. The number of aromatic nitrogens is 3. The van der Waals surface area contributed by atoms with Crippen molar-refractivity contribution in [3.63, 3.8) is 0 Å². The number of hydrogen-bond acceptors (Lipinski definition) is 7. The van der Waals surface area contributed by atoms with Crippen molar-refractivity contribution in [2.24, 2.45) is 19.1 Å². The largest absolute Gasteiger partial charge is 0.493 e. The maximum Gasteiger partial charge on any atom is 0.291 e. The standard InChI is InChI=1S/C29H31N7O5/c1-17-8-20-12-30-23-11-24(18(2)9-22(23)29(40)36(20)13-17)41-7-5-6-26(38)32-25-15-35(4)27(33-25)28(39)31-19-10-21(16-37)34(3)14-19/h9-12,14-16,20H,1,5-8,13H2,2-4H3,(H,31,39)(H,32,38). The number of anilines is 2. The quantitative estimate of drug-likeness (QED) is 0.235. The van der Waals surface area contributed by atoms with Gasteiger partial charge in [0, 0.05) is 51.7 Å². The summed E-state index contributed by atoms with van der Waals surface area (Å²) in [4.78, 5) is 59.8. The summed E-state index contributed by atoms with van der Waals surface area (Å²) in [5, 5.41) is 5.40. The van der Waals surface area contributed by atoms with Crippen LogP contribution >= 0.6 is 0 Å². The molecule has 1 unspecified atom stereocenters.